The van der Waals surface area contributed by atoms with Gasteiger partial charge in [-0.25, -0.2) is 9.97 Å². The van der Waals surface area contributed by atoms with Crippen LogP contribution < -0.4 is 0 Å². The van der Waals surface area contributed by atoms with Gasteiger partial charge in [0.2, 0.25) is 0 Å². The van der Waals surface area contributed by atoms with Crippen molar-refractivity contribution in [2.75, 3.05) is 5.75 Å². The first-order chi connectivity index (χ1) is 13.5. The van der Waals surface area contributed by atoms with Crippen molar-refractivity contribution in [2.24, 2.45) is 5.92 Å². The highest BCUT2D eigenvalue weighted by Crippen LogP contribution is 2.27. The van der Waals surface area contributed by atoms with Crippen molar-refractivity contribution in [2.45, 2.75) is 25.4 Å². The highest BCUT2D eigenvalue weighted by atomic mass is 32.2. The molecule has 0 saturated heterocycles. The van der Waals surface area contributed by atoms with Gasteiger partial charge in [-0.2, -0.15) is 4.52 Å². The van der Waals surface area contributed by atoms with E-state index in [1.54, 1.807) is 28.4 Å². The molecule has 4 aromatic rings. The molecule has 28 heavy (non-hydrogen) atoms. The molecular formula is C20H19N5O2S. The average Bonchev–Trinajstić information content (AvgIpc) is 3.14. The van der Waals surface area contributed by atoms with Crippen molar-refractivity contribution < 1.29 is 4.92 Å². The van der Waals surface area contributed by atoms with Crippen LogP contribution in [0.25, 0.3) is 27.9 Å². The molecule has 0 aliphatic heterocycles. The zero-order valence-corrected chi connectivity index (χ0v) is 16.4. The number of hydrogen-bond donors (Lipinski definition) is 0. The van der Waals surface area contributed by atoms with Crippen LogP contribution in [0.15, 0.2) is 53.7 Å². The van der Waals surface area contributed by atoms with Gasteiger partial charge in [-0.1, -0.05) is 37.7 Å². The fourth-order valence-corrected chi connectivity index (χ4v) is 4.05. The molecule has 2 aromatic heterocycles. The number of para-hydroxylation sites is 1. The molecule has 0 bridgehead atoms. The average molecular weight is 393 g/mol. The van der Waals surface area contributed by atoms with Crippen LogP contribution in [0.2, 0.25) is 0 Å². The minimum absolute atomic E-state index is 0.0459. The number of rotatable bonds is 6. The summed E-state index contributed by atoms with van der Waals surface area (Å²) in [4.78, 5) is 20.0. The van der Waals surface area contributed by atoms with Gasteiger partial charge in [0.15, 0.2) is 16.6 Å². The molecule has 0 spiro atoms. The van der Waals surface area contributed by atoms with Crippen molar-refractivity contribution in [1.82, 2.24) is 19.6 Å². The van der Waals surface area contributed by atoms with Crippen LogP contribution in [0.4, 0.5) is 5.69 Å². The molecule has 0 unspecified atom stereocenters. The van der Waals surface area contributed by atoms with Crippen LogP contribution >= 0.6 is 11.8 Å². The summed E-state index contributed by atoms with van der Waals surface area (Å²) in [5, 5.41) is 17.3. The summed E-state index contributed by atoms with van der Waals surface area (Å²) in [7, 11) is 0. The molecule has 0 aliphatic rings. The first-order valence-corrected chi connectivity index (χ1v) is 10.0. The summed E-state index contributed by atoms with van der Waals surface area (Å²) >= 11 is 1.67. The van der Waals surface area contributed by atoms with Gasteiger partial charge < -0.3 is 0 Å². The number of nitrogens with zero attached hydrogens (tertiary/aromatic N) is 5. The van der Waals surface area contributed by atoms with Gasteiger partial charge in [0.1, 0.15) is 0 Å². The van der Waals surface area contributed by atoms with Gasteiger partial charge in [-0.15, -0.1) is 5.10 Å². The predicted octanol–water partition coefficient (Wildman–Crippen LogP) is 4.99. The van der Waals surface area contributed by atoms with E-state index < -0.39 is 4.92 Å². The molecule has 7 nitrogen and oxygen atoms in total. The van der Waals surface area contributed by atoms with Crippen LogP contribution in [-0.2, 0) is 0 Å². The highest BCUT2D eigenvalue weighted by molar-refractivity contribution is 7.99. The Morgan fingerprint density at radius 1 is 1.11 bits per heavy atom. The standard InChI is InChI=1S/C20H19N5O2S/c1-13(2)11-12-28-20-21-17-6-4-3-5-16(17)19-22-18(23-24(19)20)14-7-9-15(10-8-14)25(26)27/h3-10,13H,11-12H2,1-2H3. The monoisotopic (exact) mass is 393 g/mol. The van der Waals surface area contributed by atoms with E-state index in [1.807, 2.05) is 24.3 Å². The maximum absolute atomic E-state index is 10.9. The van der Waals surface area contributed by atoms with Gasteiger partial charge >= 0.3 is 0 Å². The maximum Gasteiger partial charge on any atom is 0.269 e. The Kier molecular flexibility index (Phi) is 4.95. The van der Waals surface area contributed by atoms with E-state index in [9.17, 15) is 10.1 Å². The minimum Gasteiger partial charge on any atom is -0.258 e. The van der Waals surface area contributed by atoms with Crippen molar-refractivity contribution in [1.29, 1.82) is 0 Å². The molecule has 142 valence electrons. The summed E-state index contributed by atoms with van der Waals surface area (Å²) in [6, 6.07) is 14.2. The first-order valence-electron chi connectivity index (χ1n) is 9.06. The van der Waals surface area contributed by atoms with Crippen LogP contribution in [0, 0.1) is 16.0 Å². The second-order valence-corrected chi connectivity index (χ2v) is 7.98. The number of non-ortho nitro benzene ring substituents is 1. The van der Waals surface area contributed by atoms with Crippen LogP contribution in [0.3, 0.4) is 0 Å². The molecule has 2 aromatic carbocycles. The molecule has 0 saturated carbocycles. The maximum atomic E-state index is 10.9. The van der Waals surface area contributed by atoms with Crippen molar-refractivity contribution in [3.8, 4) is 11.4 Å². The molecule has 4 rings (SSSR count). The van der Waals surface area contributed by atoms with Gasteiger partial charge in [-0.3, -0.25) is 10.1 Å². The second kappa shape index (κ2) is 7.55. The summed E-state index contributed by atoms with van der Waals surface area (Å²) in [6.07, 6.45) is 1.09. The SMILES string of the molecule is CC(C)CCSc1nc2ccccc2c2nc(-c3ccc([N+](=O)[O-])cc3)nn12. The van der Waals surface area contributed by atoms with E-state index >= 15 is 0 Å². The van der Waals surface area contributed by atoms with E-state index in [1.165, 1.54) is 12.1 Å². The van der Waals surface area contributed by atoms with Gasteiger partial charge in [-0.05, 0) is 36.6 Å². The zero-order chi connectivity index (χ0) is 19.7. The van der Waals surface area contributed by atoms with E-state index in [-0.39, 0.29) is 5.69 Å². The fraction of sp³-hybridized carbons (Fsp3) is 0.250. The predicted molar refractivity (Wildman–Crippen MR) is 111 cm³/mol. The van der Waals surface area contributed by atoms with E-state index in [4.69, 9.17) is 9.97 Å². The molecule has 0 N–H and O–H groups in total. The molecule has 0 atom stereocenters. The third-order valence-corrected chi connectivity index (χ3v) is 5.37. The Morgan fingerprint density at radius 3 is 2.57 bits per heavy atom. The van der Waals surface area contributed by atoms with Gasteiger partial charge in [0.05, 0.1) is 10.4 Å². The molecule has 0 fully saturated rings. The minimum atomic E-state index is -0.415. The topological polar surface area (TPSA) is 86.2 Å². The first kappa shape index (κ1) is 18.4. The number of nitro benzene ring substituents is 1. The number of thioether (sulfide) groups is 1. The Hall–Kier alpha value is -3.00. The van der Waals surface area contributed by atoms with Crippen LogP contribution in [0.5, 0.6) is 0 Å². The molecule has 2 heterocycles. The number of nitro groups is 1. The van der Waals surface area contributed by atoms with E-state index in [0.717, 1.165) is 39.4 Å². The molecule has 8 heteroatoms. The zero-order valence-electron chi connectivity index (χ0n) is 15.6. The quantitative estimate of drug-likeness (QED) is 0.198. The van der Waals surface area contributed by atoms with Gasteiger partial charge in [0.25, 0.3) is 5.69 Å². The lowest BCUT2D eigenvalue weighted by atomic mass is 10.2. The molecular weight excluding hydrogens is 374 g/mol. The van der Waals surface area contributed by atoms with Crippen molar-refractivity contribution in [3.05, 3.63) is 58.6 Å². The van der Waals surface area contributed by atoms with E-state index in [2.05, 4.69) is 18.9 Å². The number of benzene rings is 2. The Balaban J connectivity index is 1.81. The summed E-state index contributed by atoms with van der Waals surface area (Å²) < 4.78 is 1.78. The smallest absolute Gasteiger partial charge is 0.258 e. The Morgan fingerprint density at radius 2 is 1.86 bits per heavy atom. The van der Waals surface area contributed by atoms with Gasteiger partial charge in [0, 0.05) is 28.8 Å². The summed E-state index contributed by atoms with van der Waals surface area (Å²) in [5.41, 5.74) is 2.40. The normalized spacial score (nSPS) is 11.5. The van der Waals surface area contributed by atoms with Crippen LogP contribution in [0.1, 0.15) is 20.3 Å². The lowest BCUT2D eigenvalue weighted by Crippen LogP contribution is -1.99. The van der Waals surface area contributed by atoms with Crippen LogP contribution in [-0.4, -0.2) is 30.3 Å². The largest absolute Gasteiger partial charge is 0.269 e. The van der Waals surface area contributed by atoms with E-state index in [0.29, 0.717) is 11.7 Å². The Bertz CT molecular complexity index is 1150. The second-order valence-electron chi connectivity index (χ2n) is 6.92. The highest BCUT2D eigenvalue weighted by Gasteiger charge is 2.15. The number of hydrogen-bond acceptors (Lipinski definition) is 6. The fourth-order valence-electron chi connectivity index (χ4n) is 2.86. The third-order valence-electron chi connectivity index (χ3n) is 4.41. The lowest BCUT2D eigenvalue weighted by Gasteiger charge is -2.07. The molecule has 0 radical (unpaired) electrons. The summed E-state index contributed by atoms with van der Waals surface area (Å²) in [5.74, 6) is 2.10. The number of fused-ring (bicyclic) bond motifs is 3. The lowest BCUT2D eigenvalue weighted by molar-refractivity contribution is -0.384. The molecule has 0 amide bonds. The third kappa shape index (κ3) is 3.55. The van der Waals surface area contributed by atoms with Crippen molar-refractivity contribution in [3.63, 3.8) is 0 Å². The van der Waals surface area contributed by atoms with Crippen molar-refractivity contribution >= 4 is 34.0 Å². The summed E-state index contributed by atoms with van der Waals surface area (Å²) in [6.45, 7) is 4.40. The number of aromatic nitrogens is 4. The Labute approximate surface area is 166 Å². The molecule has 0 aliphatic carbocycles.